The second-order valence-corrected chi connectivity index (χ2v) is 7.60. The van der Waals surface area contributed by atoms with Crippen molar-refractivity contribution in [2.75, 3.05) is 32.8 Å². The van der Waals surface area contributed by atoms with Gasteiger partial charge in [-0.05, 0) is 37.8 Å². The molecule has 1 saturated carbocycles. The number of amides is 1. The van der Waals surface area contributed by atoms with Gasteiger partial charge in [0, 0.05) is 32.4 Å². The van der Waals surface area contributed by atoms with E-state index in [0.29, 0.717) is 18.3 Å². The number of hydrogen-bond donors (Lipinski definition) is 0. The van der Waals surface area contributed by atoms with Crippen molar-refractivity contribution in [1.82, 2.24) is 19.2 Å². The zero-order valence-electron chi connectivity index (χ0n) is 14.6. The van der Waals surface area contributed by atoms with Crippen LogP contribution in [0.15, 0.2) is 24.4 Å². The van der Waals surface area contributed by atoms with Crippen molar-refractivity contribution in [3.05, 3.63) is 35.8 Å². The van der Waals surface area contributed by atoms with E-state index in [1.165, 1.54) is 19.4 Å². The van der Waals surface area contributed by atoms with E-state index >= 15 is 0 Å². The third kappa shape index (κ3) is 2.64. The van der Waals surface area contributed by atoms with Crippen molar-refractivity contribution >= 4 is 11.6 Å². The monoisotopic (exact) mass is 340 g/mol. The molecule has 2 atom stereocenters. The summed E-state index contributed by atoms with van der Waals surface area (Å²) in [6, 6.07) is 6.17. The van der Waals surface area contributed by atoms with Gasteiger partial charge < -0.3 is 9.64 Å². The van der Waals surface area contributed by atoms with Crippen molar-refractivity contribution in [3.63, 3.8) is 0 Å². The fourth-order valence-electron chi connectivity index (χ4n) is 4.30. The van der Waals surface area contributed by atoms with Crippen LogP contribution in [0.3, 0.4) is 0 Å². The van der Waals surface area contributed by atoms with Crippen LogP contribution in [-0.2, 0) is 4.74 Å². The lowest BCUT2D eigenvalue weighted by molar-refractivity contribution is -0.0484. The van der Waals surface area contributed by atoms with E-state index < -0.39 is 0 Å². The highest BCUT2D eigenvalue weighted by molar-refractivity contribution is 5.95. The molecule has 5 rings (SSSR count). The Labute approximate surface area is 147 Å². The zero-order chi connectivity index (χ0) is 17.0. The molecule has 0 spiro atoms. The minimum absolute atomic E-state index is 0.0700. The Bertz CT molecular complexity index is 813. The highest BCUT2D eigenvalue weighted by Crippen LogP contribution is 2.33. The van der Waals surface area contributed by atoms with Crippen LogP contribution in [0, 0.1) is 12.8 Å². The van der Waals surface area contributed by atoms with Crippen LogP contribution in [0.1, 0.15) is 29.0 Å². The molecular weight excluding hydrogens is 316 g/mol. The number of carbonyl (C=O) groups is 1. The number of ether oxygens (including phenoxy) is 1. The van der Waals surface area contributed by atoms with Gasteiger partial charge in [0.15, 0.2) is 0 Å². The van der Waals surface area contributed by atoms with Crippen LogP contribution in [0.2, 0.25) is 0 Å². The first-order valence-electron chi connectivity index (χ1n) is 9.29. The first-order chi connectivity index (χ1) is 12.2. The number of nitrogens with zero attached hydrogens (tertiary/aromatic N) is 4. The molecule has 2 saturated heterocycles. The minimum Gasteiger partial charge on any atom is -0.373 e. The highest BCUT2D eigenvalue weighted by Gasteiger charge is 2.43. The van der Waals surface area contributed by atoms with Crippen molar-refractivity contribution < 1.29 is 9.53 Å². The lowest BCUT2D eigenvalue weighted by Gasteiger charge is -2.36. The van der Waals surface area contributed by atoms with E-state index in [1.807, 2.05) is 40.6 Å². The molecule has 4 heterocycles. The van der Waals surface area contributed by atoms with Gasteiger partial charge in [-0.25, -0.2) is 4.98 Å². The molecular formula is C19H24N4O2. The normalized spacial score (nSPS) is 27.0. The molecule has 6 nitrogen and oxygen atoms in total. The molecule has 3 fully saturated rings. The van der Waals surface area contributed by atoms with Crippen LogP contribution in [0.4, 0.5) is 0 Å². The highest BCUT2D eigenvalue weighted by atomic mass is 16.5. The molecule has 0 bridgehead atoms. The number of aromatic nitrogens is 2. The minimum atomic E-state index is 0.0700. The number of imidazole rings is 1. The van der Waals surface area contributed by atoms with Crippen molar-refractivity contribution in [2.45, 2.75) is 31.9 Å². The van der Waals surface area contributed by atoms with Gasteiger partial charge >= 0.3 is 0 Å². The van der Waals surface area contributed by atoms with Crippen molar-refractivity contribution in [2.24, 2.45) is 5.92 Å². The van der Waals surface area contributed by atoms with E-state index in [4.69, 9.17) is 4.74 Å². The molecule has 0 aromatic carbocycles. The van der Waals surface area contributed by atoms with Gasteiger partial charge in [-0.15, -0.1) is 0 Å². The summed E-state index contributed by atoms with van der Waals surface area (Å²) in [4.78, 5) is 22.3. The van der Waals surface area contributed by atoms with E-state index in [2.05, 4.69) is 9.88 Å². The SMILES string of the molecule is Cc1nc2ccccn2c1C(=O)N1C[C@@H]2OCCN(CC3CC3)[C@@H]2C1. The van der Waals surface area contributed by atoms with Gasteiger partial charge in [-0.3, -0.25) is 14.1 Å². The average Bonchev–Trinajstić information content (AvgIpc) is 3.20. The Morgan fingerprint density at radius 1 is 1.32 bits per heavy atom. The Hall–Kier alpha value is -1.92. The van der Waals surface area contributed by atoms with Crippen LogP contribution in [0.5, 0.6) is 0 Å². The second kappa shape index (κ2) is 5.81. The fourth-order valence-corrected chi connectivity index (χ4v) is 4.30. The van der Waals surface area contributed by atoms with Crippen LogP contribution >= 0.6 is 0 Å². The maximum atomic E-state index is 13.2. The predicted octanol–water partition coefficient (Wildman–Crippen LogP) is 1.58. The smallest absolute Gasteiger partial charge is 0.272 e. The van der Waals surface area contributed by atoms with Crippen molar-refractivity contribution in [3.8, 4) is 0 Å². The van der Waals surface area contributed by atoms with E-state index in [1.54, 1.807) is 0 Å². The molecule has 0 N–H and O–H groups in total. The van der Waals surface area contributed by atoms with E-state index in [0.717, 1.165) is 37.0 Å². The molecule has 132 valence electrons. The molecule has 3 aliphatic rings. The number of morpholine rings is 1. The number of fused-ring (bicyclic) bond motifs is 2. The van der Waals surface area contributed by atoms with Crippen LogP contribution in [-0.4, -0.2) is 70.0 Å². The van der Waals surface area contributed by atoms with Crippen LogP contribution < -0.4 is 0 Å². The summed E-state index contributed by atoms with van der Waals surface area (Å²) in [5.74, 6) is 0.935. The van der Waals surface area contributed by atoms with Gasteiger partial charge in [-0.2, -0.15) is 0 Å². The zero-order valence-corrected chi connectivity index (χ0v) is 14.6. The predicted molar refractivity (Wildman–Crippen MR) is 93.7 cm³/mol. The van der Waals surface area contributed by atoms with Gasteiger partial charge in [0.2, 0.25) is 0 Å². The maximum absolute atomic E-state index is 13.2. The molecule has 2 aliphatic heterocycles. The van der Waals surface area contributed by atoms with Gasteiger partial charge in [0.25, 0.3) is 5.91 Å². The number of likely N-dealkylation sites (tertiary alicyclic amines) is 1. The quantitative estimate of drug-likeness (QED) is 0.851. The Morgan fingerprint density at radius 3 is 3.04 bits per heavy atom. The summed E-state index contributed by atoms with van der Waals surface area (Å²) in [7, 11) is 0. The lowest BCUT2D eigenvalue weighted by atomic mass is 10.1. The Kier molecular flexibility index (Phi) is 3.57. The maximum Gasteiger partial charge on any atom is 0.272 e. The molecule has 6 heteroatoms. The molecule has 1 aliphatic carbocycles. The average molecular weight is 340 g/mol. The first-order valence-corrected chi connectivity index (χ1v) is 9.29. The fraction of sp³-hybridized carbons (Fsp3) is 0.579. The number of carbonyl (C=O) groups excluding carboxylic acids is 1. The standard InChI is InChI=1S/C19H24N4O2/c1-13-18(23-7-3-2-4-17(23)20-13)19(24)22-11-15-16(12-22)25-9-8-21(15)10-14-5-6-14/h2-4,7,14-16H,5-6,8-12H2,1H3/t15-,16+/m1/s1. The topological polar surface area (TPSA) is 50.1 Å². The summed E-state index contributed by atoms with van der Waals surface area (Å²) < 4.78 is 7.90. The third-order valence-corrected chi connectivity index (χ3v) is 5.80. The molecule has 2 aromatic rings. The number of aryl methyl sites for hydroxylation is 1. The summed E-state index contributed by atoms with van der Waals surface area (Å²) in [5, 5.41) is 0. The number of pyridine rings is 1. The van der Waals surface area contributed by atoms with E-state index in [-0.39, 0.29) is 12.0 Å². The third-order valence-electron chi connectivity index (χ3n) is 5.80. The molecule has 1 amide bonds. The summed E-state index contributed by atoms with van der Waals surface area (Å²) in [5.41, 5.74) is 2.30. The summed E-state index contributed by atoms with van der Waals surface area (Å²) >= 11 is 0. The van der Waals surface area contributed by atoms with E-state index in [9.17, 15) is 4.79 Å². The van der Waals surface area contributed by atoms with Crippen LogP contribution in [0.25, 0.3) is 5.65 Å². The van der Waals surface area contributed by atoms with Gasteiger partial charge in [0.1, 0.15) is 11.3 Å². The summed E-state index contributed by atoms with van der Waals surface area (Å²) in [6.07, 6.45) is 4.79. The Balaban J connectivity index is 1.40. The molecule has 25 heavy (non-hydrogen) atoms. The molecule has 0 unspecified atom stereocenters. The number of rotatable bonds is 3. The molecule has 0 radical (unpaired) electrons. The summed E-state index contributed by atoms with van der Waals surface area (Å²) in [6.45, 7) is 6.30. The number of hydrogen-bond acceptors (Lipinski definition) is 4. The van der Waals surface area contributed by atoms with Gasteiger partial charge in [0.05, 0.1) is 24.4 Å². The Morgan fingerprint density at radius 2 is 2.20 bits per heavy atom. The lowest BCUT2D eigenvalue weighted by Crippen LogP contribution is -2.51. The van der Waals surface area contributed by atoms with Crippen molar-refractivity contribution in [1.29, 1.82) is 0 Å². The largest absolute Gasteiger partial charge is 0.373 e. The molecule has 2 aromatic heterocycles. The first kappa shape index (κ1) is 15.3. The second-order valence-electron chi connectivity index (χ2n) is 7.60. The van der Waals surface area contributed by atoms with Gasteiger partial charge in [-0.1, -0.05) is 6.07 Å².